The van der Waals surface area contributed by atoms with E-state index in [0.717, 1.165) is 25.5 Å². The van der Waals surface area contributed by atoms with Crippen LogP contribution in [-0.4, -0.2) is 35.5 Å². The fourth-order valence-corrected chi connectivity index (χ4v) is 1.74. The third-order valence-electron chi connectivity index (χ3n) is 2.50. The summed E-state index contributed by atoms with van der Waals surface area (Å²) in [7, 11) is 1.95. The lowest BCUT2D eigenvalue weighted by molar-refractivity contribution is 0.495. The highest BCUT2D eigenvalue weighted by Gasteiger charge is 2.19. The molecule has 0 saturated carbocycles. The molecule has 0 bridgehead atoms. The van der Waals surface area contributed by atoms with Crippen LogP contribution in [0.5, 0.6) is 0 Å². The Morgan fingerprint density at radius 1 is 1.62 bits per heavy atom. The van der Waals surface area contributed by atoms with Crippen LogP contribution >= 0.6 is 0 Å². The van der Waals surface area contributed by atoms with Crippen LogP contribution in [-0.2, 0) is 7.05 Å². The number of hydrogen-bond acceptors (Lipinski definition) is 3. The van der Waals surface area contributed by atoms with Gasteiger partial charge in [-0.1, -0.05) is 0 Å². The highest BCUT2D eigenvalue weighted by atomic mass is 15.4. The lowest BCUT2D eigenvalue weighted by Crippen LogP contribution is -2.50. The molecule has 1 aromatic rings. The van der Waals surface area contributed by atoms with Crippen molar-refractivity contribution in [1.29, 1.82) is 0 Å². The van der Waals surface area contributed by atoms with Gasteiger partial charge in [-0.15, -0.1) is 0 Å². The van der Waals surface area contributed by atoms with E-state index in [1.807, 2.05) is 17.9 Å². The average molecular weight is 180 g/mol. The van der Waals surface area contributed by atoms with E-state index in [4.69, 9.17) is 0 Å². The van der Waals surface area contributed by atoms with Crippen molar-refractivity contribution in [3.63, 3.8) is 0 Å². The smallest absolute Gasteiger partial charge is 0.150 e. The van der Waals surface area contributed by atoms with E-state index in [2.05, 4.69) is 28.3 Å². The summed E-state index contributed by atoms with van der Waals surface area (Å²) in [6, 6.07) is 2.62. The summed E-state index contributed by atoms with van der Waals surface area (Å²) >= 11 is 0. The normalized spacial score (nSPS) is 23.5. The number of hydrogen-bond donors (Lipinski definition) is 1. The first-order chi connectivity index (χ1) is 6.27. The zero-order chi connectivity index (χ0) is 9.26. The first-order valence-corrected chi connectivity index (χ1v) is 4.74. The number of nitrogens with zero attached hydrogens (tertiary/aromatic N) is 3. The molecule has 1 aliphatic heterocycles. The predicted molar refractivity (Wildman–Crippen MR) is 52.9 cm³/mol. The van der Waals surface area contributed by atoms with Crippen molar-refractivity contribution in [2.75, 3.05) is 24.5 Å². The van der Waals surface area contributed by atoms with Gasteiger partial charge in [0.15, 0.2) is 5.82 Å². The zero-order valence-electron chi connectivity index (χ0n) is 8.20. The van der Waals surface area contributed by atoms with E-state index in [1.165, 1.54) is 0 Å². The third kappa shape index (κ3) is 1.67. The van der Waals surface area contributed by atoms with Gasteiger partial charge in [0.25, 0.3) is 0 Å². The summed E-state index contributed by atoms with van der Waals surface area (Å²) in [5, 5.41) is 7.76. The molecule has 1 aromatic heterocycles. The lowest BCUT2D eigenvalue weighted by atomic mass is 10.2. The average Bonchev–Trinajstić information content (AvgIpc) is 2.53. The Hall–Kier alpha value is -1.03. The van der Waals surface area contributed by atoms with E-state index in [-0.39, 0.29) is 0 Å². The highest BCUT2D eigenvalue weighted by Crippen LogP contribution is 2.14. The maximum atomic E-state index is 4.40. The van der Waals surface area contributed by atoms with Gasteiger partial charge in [-0.25, -0.2) is 0 Å². The van der Waals surface area contributed by atoms with Gasteiger partial charge in [-0.2, -0.15) is 5.10 Å². The quantitative estimate of drug-likeness (QED) is 0.671. The predicted octanol–water partition coefficient (Wildman–Crippen LogP) is 0.218. The molecule has 2 rings (SSSR count). The number of piperazine rings is 1. The van der Waals surface area contributed by atoms with Crippen molar-refractivity contribution >= 4 is 5.82 Å². The molecular weight excluding hydrogens is 164 g/mol. The van der Waals surface area contributed by atoms with E-state index >= 15 is 0 Å². The van der Waals surface area contributed by atoms with Crippen molar-refractivity contribution in [1.82, 2.24) is 15.1 Å². The maximum Gasteiger partial charge on any atom is 0.150 e. The molecule has 13 heavy (non-hydrogen) atoms. The molecule has 1 atom stereocenters. The molecular formula is C9H16N4. The van der Waals surface area contributed by atoms with Gasteiger partial charge in [0, 0.05) is 45.0 Å². The molecule has 1 unspecified atom stereocenters. The molecule has 72 valence electrons. The van der Waals surface area contributed by atoms with Gasteiger partial charge in [-0.3, -0.25) is 4.68 Å². The molecule has 1 fully saturated rings. The van der Waals surface area contributed by atoms with Crippen LogP contribution in [0.4, 0.5) is 5.82 Å². The summed E-state index contributed by atoms with van der Waals surface area (Å²) in [6.07, 6.45) is 1.99. The van der Waals surface area contributed by atoms with Crippen LogP contribution in [0.25, 0.3) is 0 Å². The molecule has 0 spiro atoms. The highest BCUT2D eigenvalue weighted by molar-refractivity contribution is 5.38. The molecule has 4 nitrogen and oxygen atoms in total. The molecule has 4 heteroatoms. The standard InChI is InChI=1S/C9H16N4/c1-8-7-10-4-6-13(8)9-3-5-12(2)11-9/h3,5,8,10H,4,6-7H2,1-2H3. The summed E-state index contributed by atoms with van der Waals surface area (Å²) in [6.45, 7) is 5.39. The van der Waals surface area contributed by atoms with Crippen molar-refractivity contribution in [3.8, 4) is 0 Å². The van der Waals surface area contributed by atoms with Crippen LogP contribution in [0.1, 0.15) is 6.92 Å². The number of aromatic nitrogens is 2. The Morgan fingerprint density at radius 3 is 3.08 bits per heavy atom. The number of rotatable bonds is 1. The van der Waals surface area contributed by atoms with Crippen molar-refractivity contribution in [2.45, 2.75) is 13.0 Å². The first-order valence-electron chi connectivity index (χ1n) is 4.74. The van der Waals surface area contributed by atoms with Crippen LogP contribution in [0.2, 0.25) is 0 Å². The minimum absolute atomic E-state index is 0.545. The molecule has 0 aliphatic carbocycles. The summed E-state index contributed by atoms with van der Waals surface area (Å²) < 4.78 is 1.85. The number of anilines is 1. The van der Waals surface area contributed by atoms with Crippen LogP contribution < -0.4 is 10.2 Å². The fourth-order valence-electron chi connectivity index (χ4n) is 1.74. The Balaban J connectivity index is 2.14. The van der Waals surface area contributed by atoms with Gasteiger partial charge in [0.05, 0.1) is 0 Å². The second-order valence-corrected chi connectivity index (χ2v) is 3.59. The molecule has 2 heterocycles. The minimum atomic E-state index is 0.545. The maximum absolute atomic E-state index is 4.40. The Morgan fingerprint density at radius 2 is 2.46 bits per heavy atom. The zero-order valence-corrected chi connectivity index (χ0v) is 8.20. The molecule has 0 radical (unpaired) electrons. The van der Waals surface area contributed by atoms with Crippen molar-refractivity contribution in [3.05, 3.63) is 12.3 Å². The Labute approximate surface area is 78.5 Å². The van der Waals surface area contributed by atoms with Gasteiger partial charge in [-0.05, 0) is 6.92 Å². The lowest BCUT2D eigenvalue weighted by Gasteiger charge is -2.33. The first kappa shape index (κ1) is 8.56. The van der Waals surface area contributed by atoms with Crippen LogP contribution in [0.15, 0.2) is 12.3 Å². The summed E-state index contributed by atoms with van der Waals surface area (Å²) in [5.74, 6) is 1.09. The topological polar surface area (TPSA) is 33.1 Å². The van der Waals surface area contributed by atoms with Gasteiger partial charge in [0.1, 0.15) is 0 Å². The van der Waals surface area contributed by atoms with Crippen molar-refractivity contribution < 1.29 is 0 Å². The summed E-state index contributed by atoms with van der Waals surface area (Å²) in [4.78, 5) is 2.34. The van der Waals surface area contributed by atoms with Crippen LogP contribution in [0, 0.1) is 0 Å². The van der Waals surface area contributed by atoms with Gasteiger partial charge >= 0.3 is 0 Å². The fraction of sp³-hybridized carbons (Fsp3) is 0.667. The van der Waals surface area contributed by atoms with Gasteiger partial charge in [0.2, 0.25) is 0 Å². The van der Waals surface area contributed by atoms with E-state index in [1.54, 1.807) is 0 Å². The van der Waals surface area contributed by atoms with E-state index in [9.17, 15) is 0 Å². The minimum Gasteiger partial charge on any atom is -0.350 e. The molecule has 0 aromatic carbocycles. The molecule has 1 aliphatic rings. The van der Waals surface area contributed by atoms with Crippen molar-refractivity contribution in [2.24, 2.45) is 7.05 Å². The molecule has 1 N–H and O–H groups in total. The second-order valence-electron chi connectivity index (χ2n) is 3.59. The SMILES string of the molecule is CC1CNCCN1c1ccn(C)n1. The second kappa shape index (κ2) is 3.38. The van der Waals surface area contributed by atoms with Crippen LogP contribution in [0.3, 0.4) is 0 Å². The third-order valence-corrected chi connectivity index (χ3v) is 2.50. The molecule has 1 saturated heterocycles. The Bertz CT molecular complexity index is 281. The molecule has 0 amide bonds. The number of nitrogens with one attached hydrogen (secondary N) is 1. The monoisotopic (exact) mass is 180 g/mol. The van der Waals surface area contributed by atoms with E-state index < -0.39 is 0 Å². The largest absolute Gasteiger partial charge is 0.350 e. The number of aryl methyl sites for hydroxylation is 1. The van der Waals surface area contributed by atoms with Gasteiger partial charge < -0.3 is 10.2 Å². The summed E-state index contributed by atoms with van der Waals surface area (Å²) in [5.41, 5.74) is 0. The van der Waals surface area contributed by atoms with E-state index in [0.29, 0.717) is 6.04 Å². The Kier molecular flexibility index (Phi) is 2.22.